The van der Waals surface area contributed by atoms with E-state index in [0.29, 0.717) is 19.4 Å². The summed E-state index contributed by atoms with van der Waals surface area (Å²) in [6.45, 7) is 5.70. The number of carbonyl (C=O) groups excluding carboxylic acids is 1. The molecule has 2 heterocycles. The molecule has 2 fully saturated rings. The summed E-state index contributed by atoms with van der Waals surface area (Å²) in [5, 5.41) is 13.6. The van der Waals surface area contributed by atoms with Gasteiger partial charge < -0.3 is 15.3 Å². The summed E-state index contributed by atoms with van der Waals surface area (Å²) in [6, 6.07) is 8.41. The Morgan fingerprint density at radius 3 is 2.58 bits per heavy atom. The van der Waals surface area contributed by atoms with Crippen molar-refractivity contribution in [2.45, 2.75) is 38.5 Å². The van der Waals surface area contributed by atoms with Crippen LogP contribution in [0.5, 0.6) is 0 Å². The molecular weight excluding hydrogens is 412 g/mol. The number of nitrogens with one attached hydrogen (secondary N) is 1. The molecule has 1 amide bonds. The third-order valence-corrected chi connectivity index (χ3v) is 7.47. The number of aliphatic carboxylic acids is 1. The smallest absolute Gasteiger partial charge is 0.307 e. The molecule has 1 saturated carbocycles. The lowest BCUT2D eigenvalue weighted by molar-refractivity contribution is -0.148. The van der Waals surface area contributed by atoms with Crippen molar-refractivity contribution in [1.29, 1.82) is 0 Å². The fourth-order valence-corrected chi connectivity index (χ4v) is 5.62. The summed E-state index contributed by atoms with van der Waals surface area (Å²) < 4.78 is 5.91. The number of amides is 1. The van der Waals surface area contributed by atoms with Crippen LogP contribution in [-0.2, 0) is 9.59 Å². The summed E-state index contributed by atoms with van der Waals surface area (Å²) in [5.74, 6) is -0.660. The number of fused-ring (bicyclic) bond motifs is 1. The number of hydrogen-bond donors (Lipinski definition) is 2. The quantitative estimate of drug-likeness (QED) is 0.608. The molecule has 0 spiro atoms. The molecule has 2 aliphatic rings. The van der Waals surface area contributed by atoms with Crippen LogP contribution in [0, 0.1) is 11.8 Å². The van der Waals surface area contributed by atoms with Crippen molar-refractivity contribution in [2.75, 3.05) is 44.2 Å². The number of carboxylic acids is 1. The Morgan fingerprint density at radius 1 is 1.06 bits per heavy atom. The first-order chi connectivity index (χ1) is 15.1. The maximum Gasteiger partial charge on any atom is 0.307 e. The molecule has 0 unspecified atom stereocenters. The molecule has 8 heteroatoms. The van der Waals surface area contributed by atoms with E-state index in [0.717, 1.165) is 64.2 Å². The van der Waals surface area contributed by atoms with Gasteiger partial charge in [-0.25, -0.2) is 0 Å². The topological polar surface area (TPSA) is 85.8 Å². The van der Waals surface area contributed by atoms with Crippen LogP contribution < -0.4 is 10.2 Å². The molecule has 2 atom stereocenters. The van der Waals surface area contributed by atoms with Crippen LogP contribution >= 0.6 is 11.5 Å². The Kier molecular flexibility index (Phi) is 7.40. The average molecular weight is 445 g/mol. The highest BCUT2D eigenvalue weighted by Crippen LogP contribution is 2.31. The van der Waals surface area contributed by atoms with E-state index in [-0.39, 0.29) is 11.8 Å². The molecule has 1 aromatic heterocycles. The van der Waals surface area contributed by atoms with Crippen LogP contribution in [0.2, 0.25) is 0 Å². The zero-order chi connectivity index (χ0) is 21.6. The van der Waals surface area contributed by atoms with Crippen LogP contribution in [0.1, 0.15) is 38.5 Å². The van der Waals surface area contributed by atoms with Gasteiger partial charge in [-0.3, -0.25) is 14.5 Å². The van der Waals surface area contributed by atoms with Gasteiger partial charge in [0.1, 0.15) is 5.82 Å². The number of unbranched alkanes of at least 4 members (excludes halogenated alkanes) is 1. The summed E-state index contributed by atoms with van der Waals surface area (Å²) in [5.41, 5.74) is 0. The number of piperazine rings is 1. The standard InChI is InChI=1S/C23H32N4O3S/c28-22(17-7-1-2-8-18(17)23(29)30)24-11-5-6-12-26-13-15-27(16-14-26)21-19-9-3-4-10-20(19)31-25-21/h3-4,9-10,17-18H,1-2,5-8,11-16H2,(H,24,28)(H,29,30)/t17-,18+/m0/s1. The number of hydrogen-bond acceptors (Lipinski definition) is 6. The van der Waals surface area contributed by atoms with Crippen molar-refractivity contribution in [3.63, 3.8) is 0 Å². The highest BCUT2D eigenvalue weighted by Gasteiger charge is 2.35. The Balaban J connectivity index is 1.14. The third-order valence-electron chi connectivity index (χ3n) is 6.65. The van der Waals surface area contributed by atoms with E-state index in [1.165, 1.54) is 10.1 Å². The second kappa shape index (κ2) is 10.4. The number of carboxylic acid groups (broad SMARTS) is 1. The van der Waals surface area contributed by atoms with Gasteiger partial charge in [0.2, 0.25) is 5.91 Å². The van der Waals surface area contributed by atoms with Gasteiger partial charge in [-0.1, -0.05) is 25.0 Å². The Morgan fingerprint density at radius 2 is 1.81 bits per heavy atom. The summed E-state index contributed by atoms with van der Waals surface area (Å²) >= 11 is 1.57. The fourth-order valence-electron chi connectivity index (χ4n) is 4.83. The molecular formula is C23H32N4O3S. The second-order valence-corrected chi connectivity index (χ2v) is 9.47. The molecule has 2 aromatic rings. The molecule has 0 radical (unpaired) electrons. The maximum absolute atomic E-state index is 12.4. The Bertz CT molecular complexity index is 894. The van der Waals surface area contributed by atoms with E-state index in [9.17, 15) is 14.7 Å². The molecule has 1 aliphatic carbocycles. The van der Waals surface area contributed by atoms with Gasteiger partial charge in [0.25, 0.3) is 0 Å². The van der Waals surface area contributed by atoms with Crippen LogP contribution in [0.3, 0.4) is 0 Å². The molecule has 7 nitrogen and oxygen atoms in total. The van der Waals surface area contributed by atoms with Gasteiger partial charge in [0, 0.05) is 38.1 Å². The summed E-state index contributed by atoms with van der Waals surface area (Å²) in [6.07, 6.45) is 5.13. The van der Waals surface area contributed by atoms with E-state index in [4.69, 9.17) is 0 Å². The molecule has 2 N–H and O–H groups in total. The van der Waals surface area contributed by atoms with Crippen molar-refractivity contribution in [2.24, 2.45) is 11.8 Å². The van der Waals surface area contributed by atoms with Gasteiger partial charge in [0.05, 0.1) is 16.5 Å². The largest absolute Gasteiger partial charge is 0.481 e. The normalized spacial score (nSPS) is 22.5. The molecule has 1 saturated heterocycles. The average Bonchev–Trinajstić information content (AvgIpc) is 3.23. The van der Waals surface area contributed by atoms with E-state index >= 15 is 0 Å². The lowest BCUT2D eigenvalue weighted by atomic mass is 9.78. The molecule has 1 aliphatic heterocycles. The van der Waals surface area contributed by atoms with Crippen LogP contribution in [0.25, 0.3) is 10.1 Å². The molecule has 4 rings (SSSR count). The number of nitrogens with zero attached hydrogens (tertiary/aromatic N) is 3. The van der Waals surface area contributed by atoms with E-state index in [1.54, 1.807) is 11.5 Å². The molecule has 0 bridgehead atoms. The molecule has 31 heavy (non-hydrogen) atoms. The minimum absolute atomic E-state index is 0.0730. The maximum atomic E-state index is 12.4. The van der Waals surface area contributed by atoms with Gasteiger partial charge in [-0.05, 0) is 55.9 Å². The van der Waals surface area contributed by atoms with E-state index in [2.05, 4.69) is 43.8 Å². The van der Waals surface area contributed by atoms with Gasteiger partial charge in [-0.2, -0.15) is 4.37 Å². The van der Waals surface area contributed by atoms with Gasteiger partial charge in [-0.15, -0.1) is 0 Å². The number of aromatic nitrogens is 1. The lowest BCUT2D eigenvalue weighted by Gasteiger charge is -2.35. The summed E-state index contributed by atoms with van der Waals surface area (Å²) in [4.78, 5) is 28.7. The van der Waals surface area contributed by atoms with Crippen molar-refractivity contribution in [1.82, 2.24) is 14.6 Å². The first kappa shape index (κ1) is 22.0. The fraction of sp³-hybridized carbons (Fsp3) is 0.609. The van der Waals surface area contributed by atoms with Gasteiger partial charge in [0.15, 0.2) is 0 Å². The minimum atomic E-state index is -0.829. The van der Waals surface area contributed by atoms with E-state index in [1.807, 2.05) is 0 Å². The first-order valence-electron chi connectivity index (χ1n) is 11.5. The Labute approximate surface area is 187 Å². The van der Waals surface area contributed by atoms with Crippen molar-refractivity contribution < 1.29 is 14.7 Å². The van der Waals surface area contributed by atoms with Crippen molar-refractivity contribution in [3.05, 3.63) is 24.3 Å². The highest BCUT2D eigenvalue weighted by molar-refractivity contribution is 7.13. The molecule has 168 valence electrons. The SMILES string of the molecule is O=C(NCCCCN1CCN(c2nsc3ccccc23)CC1)[C@H]1CCCC[C@H]1C(=O)O. The van der Waals surface area contributed by atoms with Crippen LogP contribution in [-0.4, -0.2) is 65.5 Å². The number of benzene rings is 1. The third kappa shape index (κ3) is 5.36. The number of rotatable bonds is 8. The monoisotopic (exact) mass is 444 g/mol. The first-order valence-corrected chi connectivity index (χ1v) is 12.2. The number of anilines is 1. The van der Waals surface area contributed by atoms with E-state index < -0.39 is 11.9 Å². The zero-order valence-corrected chi connectivity index (χ0v) is 18.8. The number of carbonyl (C=O) groups is 2. The minimum Gasteiger partial charge on any atom is -0.481 e. The van der Waals surface area contributed by atoms with Crippen molar-refractivity contribution >= 4 is 39.3 Å². The van der Waals surface area contributed by atoms with Crippen molar-refractivity contribution in [3.8, 4) is 0 Å². The Hall–Kier alpha value is -2.19. The predicted octanol–water partition coefficient (Wildman–Crippen LogP) is 3.21. The van der Waals surface area contributed by atoms with Crippen LogP contribution in [0.4, 0.5) is 5.82 Å². The summed E-state index contributed by atoms with van der Waals surface area (Å²) in [7, 11) is 0. The van der Waals surface area contributed by atoms with Crippen LogP contribution in [0.15, 0.2) is 24.3 Å². The predicted molar refractivity (Wildman–Crippen MR) is 124 cm³/mol. The zero-order valence-electron chi connectivity index (χ0n) is 18.0. The highest BCUT2D eigenvalue weighted by atomic mass is 32.1. The van der Waals surface area contributed by atoms with Gasteiger partial charge >= 0.3 is 5.97 Å². The molecule has 1 aromatic carbocycles. The lowest BCUT2D eigenvalue weighted by Crippen LogP contribution is -2.47. The second-order valence-electron chi connectivity index (χ2n) is 8.66.